The monoisotopic (exact) mass is 542 g/mol. The number of likely N-dealkylation sites (N-methyl/N-ethyl adjacent to an activating group) is 1. The van der Waals surface area contributed by atoms with Crippen molar-refractivity contribution >= 4 is 29.5 Å². The van der Waals surface area contributed by atoms with E-state index in [9.17, 15) is 14.4 Å². The molecule has 0 atom stereocenters. The molecular weight excluding hydrogens is 500 g/mol. The number of carbonyl (C=O) groups is 3. The van der Waals surface area contributed by atoms with Gasteiger partial charge in [-0.05, 0) is 63.3 Å². The van der Waals surface area contributed by atoms with Crippen LogP contribution in [0.25, 0.3) is 0 Å². The van der Waals surface area contributed by atoms with Gasteiger partial charge in [-0.3, -0.25) is 14.6 Å². The van der Waals surface area contributed by atoms with E-state index in [-0.39, 0.29) is 24.6 Å². The molecule has 0 spiro atoms. The van der Waals surface area contributed by atoms with Gasteiger partial charge in [-0.15, -0.1) is 0 Å². The quantitative estimate of drug-likeness (QED) is 0.0548. The minimum absolute atomic E-state index is 0.0204. The summed E-state index contributed by atoms with van der Waals surface area (Å²) in [4.78, 5) is 39.9. The van der Waals surface area contributed by atoms with E-state index in [0.29, 0.717) is 37.4 Å². The first-order valence-corrected chi connectivity index (χ1v) is 12.6. The Bertz CT molecular complexity index is 1090. The van der Waals surface area contributed by atoms with Gasteiger partial charge in [0.05, 0.1) is 6.42 Å². The molecule has 0 unspecified atom stereocenters. The second-order valence-corrected chi connectivity index (χ2v) is 9.73. The Kier molecular flexibility index (Phi) is 14.0. The molecule has 0 aliphatic carbocycles. The Morgan fingerprint density at radius 1 is 1.15 bits per heavy atom. The molecule has 0 bridgehead atoms. The number of rotatable bonds is 13. The molecule has 0 aromatic heterocycles. The van der Waals surface area contributed by atoms with Gasteiger partial charge in [-0.2, -0.15) is 0 Å². The topological polar surface area (TPSA) is 188 Å². The number of amidine groups is 1. The van der Waals surface area contributed by atoms with Crippen molar-refractivity contribution in [2.24, 2.45) is 16.6 Å². The van der Waals surface area contributed by atoms with Gasteiger partial charge in [0.25, 0.3) is 5.91 Å². The molecule has 12 nitrogen and oxygen atoms in total. The predicted octanol–water partition coefficient (Wildman–Crippen LogP) is 1.87. The van der Waals surface area contributed by atoms with E-state index in [1.165, 1.54) is 18.3 Å². The summed E-state index contributed by atoms with van der Waals surface area (Å²) in [6.45, 7) is 6.14. The maximum Gasteiger partial charge on any atom is 0.407 e. The normalized spacial score (nSPS) is 12.2. The summed E-state index contributed by atoms with van der Waals surface area (Å²) >= 11 is 0. The van der Waals surface area contributed by atoms with Crippen molar-refractivity contribution in [3.05, 3.63) is 59.4 Å². The van der Waals surface area contributed by atoms with E-state index in [0.717, 1.165) is 11.1 Å². The number of hydrogen-bond donors (Lipinski definition) is 6. The number of unbranched alkanes of at least 4 members (excludes halogenated alkanes) is 1. The van der Waals surface area contributed by atoms with Crippen LogP contribution in [-0.2, 0) is 27.3 Å². The van der Waals surface area contributed by atoms with Crippen LogP contribution < -0.4 is 27.5 Å². The number of nitrogens with two attached hydrogens (primary N) is 2. The molecule has 0 saturated carbocycles. The Hall–Kier alpha value is -4.19. The van der Waals surface area contributed by atoms with E-state index in [4.69, 9.17) is 21.7 Å². The molecule has 214 valence electrons. The van der Waals surface area contributed by atoms with Gasteiger partial charge in [-0.1, -0.05) is 24.3 Å². The summed E-state index contributed by atoms with van der Waals surface area (Å²) in [6.07, 6.45) is 6.07. The second kappa shape index (κ2) is 16.6. The average molecular weight is 543 g/mol. The fourth-order valence-electron chi connectivity index (χ4n) is 3.20. The Labute approximate surface area is 230 Å². The van der Waals surface area contributed by atoms with Gasteiger partial charge in [0, 0.05) is 39.1 Å². The molecule has 0 heterocycles. The van der Waals surface area contributed by atoms with Gasteiger partial charge in [0.15, 0.2) is 0 Å². The fraction of sp³-hybridized carbons (Fsp3) is 0.444. The molecule has 0 aliphatic rings. The third-order valence-electron chi connectivity index (χ3n) is 5.05. The number of nitrogens with one attached hydrogen (secondary N) is 4. The van der Waals surface area contributed by atoms with Crippen molar-refractivity contribution in [3.63, 3.8) is 0 Å². The first-order chi connectivity index (χ1) is 18.3. The molecule has 1 aromatic rings. The van der Waals surface area contributed by atoms with Gasteiger partial charge >= 0.3 is 6.09 Å². The molecule has 39 heavy (non-hydrogen) atoms. The number of alkyl carbamates (subject to hydrolysis) is 1. The number of carbonyl (C=O) groups excluding carboxylic acids is 3. The Morgan fingerprint density at radius 3 is 2.49 bits per heavy atom. The lowest BCUT2D eigenvalue weighted by Gasteiger charge is -2.19. The summed E-state index contributed by atoms with van der Waals surface area (Å²) in [5.74, 6) is 5.49. The zero-order valence-corrected chi connectivity index (χ0v) is 23.5. The summed E-state index contributed by atoms with van der Waals surface area (Å²) in [5, 5.41) is 17.3. The summed E-state index contributed by atoms with van der Waals surface area (Å²) in [5.41, 5.74) is 7.05. The molecule has 1 rings (SSSR count). The third kappa shape index (κ3) is 15.0. The summed E-state index contributed by atoms with van der Waals surface area (Å²) in [7, 11) is 3.04. The van der Waals surface area contributed by atoms with E-state index < -0.39 is 17.6 Å². The fourth-order valence-corrected chi connectivity index (χ4v) is 3.20. The number of benzene rings is 1. The SMILES string of the molecule is CN=C(/C=C\C(=N)CCCCN(N)/C=C(\N)C(=O)NC)NC(=O)Cc1cccc(CNC(=O)OC(C)(C)C)c1. The number of nitrogens with zero attached hydrogens (tertiary/aromatic N) is 2. The first kappa shape index (κ1) is 32.8. The molecule has 0 aliphatic heterocycles. The van der Waals surface area contributed by atoms with Crippen LogP contribution >= 0.6 is 0 Å². The minimum Gasteiger partial charge on any atom is -0.444 e. The first-order valence-electron chi connectivity index (χ1n) is 12.6. The zero-order valence-electron chi connectivity index (χ0n) is 23.5. The van der Waals surface area contributed by atoms with E-state index in [1.807, 2.05) is 24.3 Å². The number of aliphatic imine (C=N–C) groups is 1. The molecule has 0 fully saturated rings. The minimum atomic E-state index is -0.579. The maximum atomic E-state index is 12.5. The summed E-state index contributed by atoms with van der Waals surface area (Å²) < 4.78 is 5.24. The Balaban J connectivity index is 2.48. The molecule has 3 amide bonds. The van der Waals surface area contributed by atoms with Crippen LogP contribution in [0.3, 0.4) is 0 Å². The molecule has 0 saturated heterocycles. The highest BCUT2D eigenvalue weighted by Crippen LogP contribution is 2.09. The number of hydrogen-bond acceptors (Lipinski definition) is 9. The van der Waals surface area contributed by atoms with Crippen LogP contribution in [0, 0.1) is 5.41 Å². The lowest BCUT2D eigenvalue weighted by Crippen LogP contribution is -2.32. The lowest BCUT2D eigenvalue weighted by atomic mass is 10.1. The van der Waals surface area contributed by atoms with Crippen LogP contribution in [0.4, 0.5) is 4.79 Å². The highest BCUT2D eigenvalue weighted by atomic mass is 16.6. The third-order valence-corrected chi connectivity index (χ3v) is 5.05. The zero-order chi connectivity index (χ0) is 29.4. The van der Waals surface area contributed by atoms with E-state index in [2.05, 4.69) is 20.9 Å². The highest BCUT2D eigenvalue weighted by Gasteiger charge is 2.15. The lowest BCUT2D eigenvalue weighted by molar-refractivity contribution is -0.119. The van der Waals surface area contributed by atoms with Crippen molar-refractivity contribution in [3.8, 4) is 0 Å². The van der Waals surface area contributed by atoms with Gasteiger partial charge in [0.1, 0.15) is 17.1 Å². The maximum absolute atomic E-state index is 12.5. The number of allylic oxidation sites excluding steroid dienone is 1. The van der Waals surface area contributed by atoms with Gasteiger partial charge in [-0.25, -0.2) is 10.6 Å². The highest BCUT2D eigenvalue weighted by molar-refractivity contribution is 6.07. The van der Waals surface area contributed by atoms with E-state index >= 15 is 0 Å². The molecule has 8 N–H and O–H groups in total. The van der Waals surface area contributed by atoms with Crippen LogP contribution in [0.2, 0.25) is 0 Å². The van der Waals surface area contributed by atoms with Gasteiger partial charge < -0.3 is 36.8 Å². The van der Waals surface area contributed by atoms with Crippen LogP contribution in [0.1, 0.15) is 51.2 Å². The van der Waals surface area contributed by atoms with Crippen molar-refractivity contribution in [2.75, 3.05) is 20.6 Å². The second-order valence-electron chi connectivity index (χ2n) is 9.73. The number of amides is 3. The molecule has 12 heteroatoms. The number of hydrazine groups is 1. The van der Waals surface area contributed by atoms with Crippen LogP contribution in [-0.4, -0.2) is 60.7 Å². The Morgan fingerprint density at radius 2 is 1.85 bits per heavy atom. The van der Waals surface area contributed by atoms with E-state index in [1.54, 1.807) is 40.0 Å². The van der Waals surface area contributed by atoms with Crippen LogP contribution in [0.5, 0.6) is 0 Å². The van der Waals surface area contributed by atoms with Crippen LogP contribution in [0.15, 0.2) is 53.3 Å². The summed E-state index contributed by atoms with van der Waals surface area (Å²) in [6, 6.07) is 7.35. The smallest absolute Gasteiger partial charge is 0.407 e. The van der Waals surface area contributed by atoms with Crippen molar-refractivity contribution in [1.82, 2.24) is 21.0 Å². The van der Waals surface area contributed by atoms with Crippen molar-refractivity contribution < 1.29 is 19.1 Å². The molecule has 0 radical (unpaired) electrons. The molecular formula is C27H42N8O4. The molecule has 1 aromatic carbocycles. The van der Waals surface area contributed by atoms with Crippen molar-refractivity contribution in [2.45, 2.75) is 58.6 Å². The predicted molar refractivity (Wildman–Crippen MR) is 153 cm³/mol. The van der Waals surface area contributed by atoms with Gasteiger partial charge in [0.2, 0.25) is 5.91 Å². The largest absolute Gasteiger partial charge is 0.444 e. The average Bonchev–Trinajstić information content (AvgIpc) is 2.86. The van der Waals surface area contributed by atoms with Crippen molar-refractivity contribution in [1.29, 1.82) is 5.41 Å². The standard InChI is InChI=1S/C27H42N8O4/c1-27(2,3)39-26(38)33-17-20-10-8-9-19(15-20)16-24(36)34-23(31-4)13-12-21(28)11-6-7-14-35(30)18-22(29)25(37)32-5/h8-10,12-13,15,18,28H,6-7,11,14,16-17,29-30H2,1-5H3,(H,32,37)(H,33,38)(H,31,34,36)/b13-12-,22-18-,28-21?. The number of ether oxygens (including phenoxy) is 1.